The predicted octanol–water partition coefficient (Wildman–Crippen LogP) is 6.55. The molecule has 0 fully saturated rings. The van der Waals surface area contributed by atoms with Crippen molar-refractivity contribution in [1.82, 2.24) is 4.98 Å². The predicted molar refractivity (Wildman–Crippen MR) is 139 cm³/mol. The number of aromatic nitrogens is 1. The van der Waals surface area contributed by atoms with E-state index in [1.165, 1.54) is 35.6 Å². The van der Waals surface area contributed by atoms with Crippen LogP contribution in [0.5, 0.6) is 0 Å². The molecule has 34 heavy (non-hydrogen) atoms. The largest absolute Gasteiger partial charge is 0.302 e. The van der Waals surface area contributed by atoms with Gasteiger partial charge in [0.15, 0.2) is 15.0 Å². The Kier molecular flexibility index (Phi) is 7.16. The monoisotopic (exact) mass is 510 g/mol. The van der Waals surface area contributed by atoms with Crippen LogP contribution in [0.1, 0.15) is 17.5 Å². The minimum atomic E-state index is -3.60. The first-order chi connectivity index (χ1) is 16.2. The summed E-state index contributed by atoms with van der Waals surface area (Å²) >= 11 is 7.20. The zero-order valence-electron chi connectivity index (χ0n) is 18.7. The van der Waals surface area contributed by atoms with E-state index < -0.39 is 15.7 Å². The third kappa shape index (κ3) is 5.73. The molecule has 4 rings (SSSR count). The Morgan fingerprint density at radius 3 is 2.03 bits per heavy atom. The number of hydrogen-bond acceptors (Lipinski definition) is 5. The van der Waals surface area contributed by atoms with Gasteiger partial charge in [-0.15, -0.1) is 0 Å². The number of amides is 1. The summed E-state index contributed by atoms with van der Waals surface area (Å²) in [6, 6.07) is 22.1. The molecule has 1 heterocycles. The number of aryl methyl sites for hydroxylation is 2. The maximum Gasteiger partial charge on any atom is 0.227 e. The average Bonchev–Trinajstić information content (AvgIpc) is 3.22. The highest BCUT2D eigenvalue weighted by atomic mass is 35.5. The number of nitrogens with zero attached hydrogens (tertiary/aromatic N) is 1. The van der Waals surface area contributed by atoms with Crippen LogP contribution in [-0.4, -0.2) is 25.1 Å². The second kappa shape index (κ2) is 10.1. The van der Waals surface area contributed by atoms with Crippen molar-refractivity contribution < 1.29 is 13.2 Å². The summed E-state index contributed by atoms with van der Waals surface area (Å²) in [5.74, 6) is -0.709. The van der Waals surface area contributed by atoms with Gasteiger partial charge in [0.05, 0.1) is 21.2 Å². The van der Waals surface area contributed by atoms with Crippen LogP contribution >= 0.6 is 22.9 Å². The van der Waals surface area contributed by atoms with Gasteiger partial charge in [0.1, 0.15) is 0 Å². The molecule has 0 spiro atoms. The summed E-state index contributed by atoms with van der Waals surface area (Å²) in [6.07, 6.45) is -0.176. The number of nitrogens with one attached hydrogen (secondary N) is 1. The van der Waals surface area contributed by atoms with E-state index in [1.54, 1.807) is 0 Å². The molecular weight excluding hydrogens is 488 g/mol. The number of carbonyl (C=O) groups is 1. The molecule has 5 nitrogen and oxygen atoms in total. The van der Waals surface area contributed by atoms with Crippen LogP contribution in [-0.2, 0) is 14.6 Å². The van der Waals surface area contributed by atoms with E-state index in [1.807, 2.05) is 62.4 Å². The van der Waals surface area contributed by atoms with E-state index in [4.69, 9.17) is 11.6 Å². The zero-order chi connectivity index (χ0) is 24.3. The first-order valence-corrected chi connectivity index (χ1v) is 13.5. The number of sulfone groups is 1. The van der Waals surface area contributed by atoms with Crippen LogP contribution in [0.4, 0.5) is 5.13 Å². The highest BCUT2D eigenvalue weighted by Gasteiger charge is 2.19. The van der Waals surface area contributed by atoms with Gasteiger partial charge in [-0.25, -0.2) is 13.4 Å². The van der Waals surface area contributed by atoms with Crippen LogP contribution in [0.25, 0.3) is 21.7 Å². The smallest absolute Gasteiger partial charge is 0.227 e. The molecule has 4 aromatic rings. The number of hydrogen-bond donors (Lipinski definition) is 1. The first kappa shape index (κ1) is 24.1. The molecule has 0 saturated carbocycles. The highest BCUT2D eigenvalue weighted by molar-refractivity contribution is 7.91. The van der Waals surface area contributed by atoms with Crippen molar-refractivity contribution >= 4 is 43.8 Å². The van der Waals surface area contributed by atoms with Crippen LogP contribution in [0.15, 0.2) is 77.7 Å². The maximum absolute atomic E-state index is 12.6. The van der Waals surface area contributed by atoms with Crippen molar-refractivity contribution in [3.05, 3.63) is 88.9 Å². The Hall–Kier alpha value is -3.00. The molecular formula is C26H23ClN2O3S2. The van der Waals surface area contributed by atoms with Gasteiger partial charge >= 0.3 is 0 Å². The normalized spacial score (nSPS) is 11.4. The van der Waals surface area contributed by atoms with E-state index in [0.717, 1.165) is 32.8 Å². The lowest BCUT2D eigenvalue weighted by Gasteiger charge is -2.05. The third-order valence-electron chi connectivity index (χ3n) is 5.28. The summed E-state index contributed by atoms with van der Waals surface area (Å²) in [4.78, 5) is 18.4. The molecule has 174 valence electrons. The molecule has 8 heteroatoms. The molecule has 0 aliphatic rings. The Labute approximate surface area is 208 Å². The Bertz CT molecular complexity index is 1350. The minimum Gasteiger partial charge on any atom is -0.302 e. The molecule has 0 aliphatic heterocycles. The maximum atomic E-state index is 12.6. The van der Waals surface area contributed by atoms with Gasteiger partial charge in [-0.3, -0.25) is 4.79 Å². The van der Waals surface area contributed by atoms with E-state index in [9.17, 15) is 13.2 Å². The second-order valence-electron chi connectivity index (χ2n) is 8.00. The summed E-state index contributed by atoms with van der Waals surface area (Å²) < 4.78 is 25.1. The van der Waals surface area contributed by atoms with Crippen molar-refractivity contribution in [2.45, 2.75) is 25.2 Å². The number of anilines is 1. The van der Waals surface area contributed by atoms with Crippen LogP contribution in [0.3, 0.4) is 0 Å². The lowest BCUT2D eigenvalue weighted by Crippen LogP contribution is -2.17. The van der Waals surface area contributed by atoms with Gasteiger partial charge in [0.25, 0.3) is 0 Å². The van der Waals surface area contributed by atoms with Gasteiger partial charge in [0, 0.05) is 17.0 Å². The minimum absolute atomic E-state index is 0.141. The van der Waals surface area contributed by atoms with Gasteiger partial charge in [-0.05, 0) is 43.7 Å². The van der Waals surface area contributed by atoms with Crippen molar-refractivity contribution in [2.24, 2.45) is 0 Å². The fourth-order valence-corrected chi connectivity index (χ4v) is 5.73. The Balaban J connectivity index is 1.55. The fourth-order valence-electron chi connectivity index (χ4n) is 3.35. The van der Waals surface area contributed by atoms with Gasteiger partial charge < -0.3 is 5.32 Å². The van der Waals surface area contributed by atoms with Crippen molar-refractivity contribution in [2.75, 3.05) is 11.1 Å². The average molecular weight is 511 g/mol. The lowest BCUT2D eigenvalue weighted by molar-refractivity contribution is -0.115. The number of thiazole rings is 1. The molecule has 0 aliphatic carbocycles. The number of benzene rings is 3. The SMILES string of the molecule is Cc1ccc(-c2nc(NC(=O)CCS(=O)(=O)c3ccc(Cl)cc3)sc2-c2ccc(C)cc2)cc1. The number of rotatable bonds is 7. The lowest BCUT2D eigenvalue weighted by atomic mass is 10.0. The summed E-state index contributed by atoms with van der Waals surface area (Å²) in [5.41, 5.74) is 5.03. The quantitative estimate of drug-likeness (QED) is 0.306. The summed E-state index contributed by atoms with van der Waals surface area (Å²) in [5, 5.41) is 3.66. The van der Waals surface area contributed by atoms with Crippen molar-refractivity contribution in [3.63, 3.8) is 0 Å². The zero-order valence-corrected chi connectivity index (χ0v) is 21.1. The van der Waals surface area contributed by atoms with Crippen LogP contribution in [0.2, 0.25) is 5.02 Å². The Morgan fingerprint density at radius 2 is 1.44 bits per heavy atom. The van der Waals surface area contributed by atoms with Crippen LogP contribution < -0.4 is 5.32 Å². The summed E-state index contributed by atoms with van der Waals surface area (Å²) in [7, 11) is -3.60. The van der Waals surface area contributed by atoms with Gasteiger partial charge in [-0.1, -0.05) is 82.6 Å². The van der Waals surface area contributed by atoms with Gasteiger partial charge in [0.2, 0.25) is 5.91 Å². The van der Waals surface area contributed by atoms with Crippen LogP contribution in [0, 0.1) is 13.8 Å². The molecule has 0 bridgehead atoms. The standard InChI is InChI=1S/C26H23ClN2O3S2/c1-17-3-7-19(8-4-17)24-25(20-9-5-18(2)6-10-20)33-26(29-24)28-23(30)15-16-34(31,32)22-13-11-21(27)12-14-22/h3-14H,15-16H2,1-2H3,(H,28,29,30). The molecule has 0 saturated heterocycles. The third-order valence-corrected chi connectivity index (χ3v) is 8.29. The second-order valence-corrected chi connectivity index (χ2v) is 11.5. The van der Waals surface area contributed by atoms with Crippen molar-refractivity contribution in [3.8, 4) is 21.7 Å². The van der Waals surface area contributed by atoms with E-state index in [2.05, 4.69) is 10.3 Å². The number of carbonyl (C=O) groups excluding carboxylic acids is 1. The molecule has 0 unspecified atom stereocenters. The van der Waals surface area contributed by atoms with E-state index >= 15 is 0 Å². The molecule has 1 amide bonds. The van der Waals surface area contributed by atoms with Crippen molar-refractivity contribution in [1.29, 1.82) is 0 Å². The molecule has 1 aromatic heterocycles. The van der Waals surface area contributed by atoms with Gasteiger partial charge in [-0.2, -0.15) is 0 Å². The highest BCUT2D eigenvalue weighted by Crippen LogP contribution is 2.39. The first-order valence-electron chi connectivity index (χ1n) is 10.6. The molecule has 3 aromatic carbocycles. The van der Waals surface area contributed by atoms with E-state index in [-0.39, 0.29) is 17.1 Å². The van der Waals surface area contributed by atoms with E-state index in [0.29, 0.717) is 10.2 Å². The number of halogens is 1. The molecule has 1 N–H and O–H groups in total. The molecule has 0 radical (unpaired) electrons. The fraction of sp³-hybridized carbons (Fsp3) is 0.154. The topological polar surface area (TPSA) is 76.1 Å². The summed E-state index contributed by atoms with van der Waals surface area (Å²) in [6.45, 7) is 4.05. The Morgan fingerprint density at radius 1 is 0.882 bits per heavy atom. The molecule has 0 atom stereocenters.